The zero-order valence-corrected chi connectivity index (χ0v) is 22.2. The fourth-order valence-electron chi connectivity index (χ4n) is 2.36. The monoisotopic (exact) mass is 458 g/mol. The summed E-state index contributed by atoms with van der Waals surface area (Å²) in [7, 11) is -2.19. The van der Waals surface area contributed by atoms with Crippen LogP contribution in [0.2, 0.25) is 18.1 Å². The van der Waals surface area contributed by atoms with Gasteiger partial charge in [0.2, 0.25) is 0 Å². The summed E-state index contributed by atoms with van der Waals surface area (Å²) in [6.45, 7) is 21.3. The van der Waals surface area contributed by atoms with E-state index in [1.165, 1.54) is 0 Å². The van der Waals surface area contributed by atoms with Gasteiger partial charge in [-0.1, -0.05) is 25.9 Å². The van der Waals surface area contributed by atoms with Crippen LogP contribution in [0.4, 0.5) is 4.79 Å². The number of azide groups is 1. The van der Waals surface area contributed by atoms with Gasteiger partial charge in [0.05, 0.1) is 0 Å². The Morgan fingerprint density at radius 3 is 1.94 bits per heavy atom. The van der Waals surface area contributed by atoms with Crippen LogP contribution in [0.3, 0.4) is 0 Å². The number of carbonyl (C=O) groups is 2. The molecular weight excluding hydrogens is 416 g/mol. The van der Waals surface area contributed by atoms with E-state index in [0.717, 1.165) is 0 Å². The fraction of sp³-hybridized carbons (Fsp3) is 0.905. The van der Waals surface area contributed by atoms with Crippen molar-refractivity contribution in [2.24, 2.45) is 5.11 Å². The summed E-state index contributed by atoms with van der Waals surface area (Å²) in [5, 5.41) is 6.20. The van der Waals surface area contributed by atoms with Crippen LogP contribution in [0.5, 0.6) is 0 Å². The zero-order chi connectivity index (χ0) is 24.7. The number of hydrogen-bond donors (Lipinski definition) is 1. The van der Waals surface area contributed by atoms with E-state index in [2.05, 4.69) is 49.2 Å². The van der Waals surface area contributed by atoms with Crippen molar-refractivity contribution in [2.75, 3.05) is 6.54 Å². The largest absolute Gasteiger partial charge is 0.458 e. The van der Waals surface area contributed by atoms with Crippen LogP contribution in [0.25, 0.3) is 10.4 Å². The molecule has 0 bridgehead atoms. The van der Waals surface area contributed by atoms with Gasteiger partial charge in [-0.05, 0) is 71.6 Å². The van der Waals surface area contributed by atoms with Gasteiger partial charge in [-0.25, -0.2) is 9.59 Å². The first-order valence-electron chi connectivity index (χ1n) is 10.7. The number of nitrogens with one attached hydrogen (secondary N) is 1. The lowest BCUT2D eigenvalue weighted by molar-refractivity contribution is -0.158. The smallest absolute Gasteiger partial charge is 0.408 e. The first-order chi connectivity index (χ1) is 13.8. The lowest BCUT2D eigenvalue weighted by atomic mass is 10.1. The lowest BCUT2D eigenvalue weighted by Gasteiger charge is -2.40. The van der Waals surface area contributed by atoms with Gasteiger partial charge in [0.1, 0.15) is 17.2 Å². The van der Waals surface area contributed by atoms with Crippen LogP contribution < -0.4 is 5.32 Å². The van der Waals surface area contributed by atoms with E-state index in [9.17, 15) is 9.59 Å². The molecule has 2 atom stereocenters. The zero-order valence-electron chi connectivity index (χ0n) is 21.2. The highest BCUT2D eigenvalue weighted by atomic mass is 28.4. The Kier molecular flexibility index (Phi) is 10.6. The first-order valence-corrected chi connectivity index (χ1v) is 13.6. The van der Waals surface area contributed by atoms with Crippen molar-refractivity contribution in [2.45, 2.75) is 117 Å². The molecule has 0 heterocycles. The van der Waals surface area contributed by atoms with Crippen LogP contribution in [0.15, 0.2) is 5.11 Å². The number of amides is 1. The van der Waals surface area contributed by atoms with E-state index < -0.39 is 43.7 Å². The molecule has 0 radical (unpaired) electrons. The summed E-state index contributed by atoms with van der Waals surface area (Å²) >= 11 is 0. The van der Waals surface area contributed by atoms with Crippen LogP contribution >= 0.6 is 0 Å². The van der Waals surface area contributed by atoms with Crippen molar-refractivity contribution in [3.05, 3.63) is 10.4 Å². The molecule has 9 nitrogen and oxygen atoms in total. The minimum absolute atomic E-state index is 0.0518. The topological polar surface area (TPSA) is 123 Å². The molecule has 0 aromatic heterocycles. The Hall–Kier alpha value is -1.77. The third-order valence-electron chi connectivity index (χ3n) is 4.76. The summed E-state index contributed by atoms with van der Waals surface area (Å²) in [6, 6.07) is -0.963. The number of alkyl carbamates (subject to hydrolysis) is 1. The normalized spacial score (nSPS) is 14.8. The Bertz CT molecular complexity index is 656. The van der Waals surface area contributed by atoms with Gasteiger partial charge in [0.25, 0.3) is 0 Å². The summed E-state index contributed by atoms with van der Waals surface area (Å²) < 4.78 is 17.3. The number of nitrogens with zero attached hydrogens (tertiary/aromatic N) is 3. The molecule has 0 aliphatic heterocycles. The maximum atomic E-state index is 12.9. The highest BCUT2D eigenvalue weighted by molar-refractivity contribution is 6.74. The van der Waals surface area contributed by atoms with Crippen LogP contribution in [0.1, 0.15) is 75.2 Å². The summed E-state index contributed by atoms with van der Waals surface area (Å²) in [6.07, 6.45) is -0.503. The summed E-state index contributed by atoms with van der Waals surface area (Å²) in [5.74, 6) is -0.564. The minimum Gasteiger partial charge on any atom is -0.458 e. The Morgan fingerprint density at radius 1 is 1.00 bits per heavy atom. The number of ether oxygens (including phenoxy) is 2. The molecule has 1 amide bonds. The average Bonchev–Trinajstić information content (AvgIpc) is 2.49. The van der Waals surface area contributed by atoms with Gasteiger partial charge in [-0.3, -0.25) is 0 Å². The molecule has 0 aliphatic rings. The van der Waals surface area contributed by atoms with Crippen molar-refractivity contribution in [3.8, 4) is 0 Å². The maximum Gasteiger partial charge on any atom is 0.408 e. The highest BCUT2D eigenvalue weighted by Crippen LogP contribution is 2.38. The van der Waals surface area contributed by atoms with Gasteiger partial charge in [0.15, 0.2) is 8.32 Å². The van der Waals surface area contributed by atoms with E-state index in [-0.39, 0.29) is 18.0 Å². The third kappa shape index (κ3) is 12.6. The molecule has 10 heteroatoms. The van der Waals surface area contributed by atoms with Gasteiger partial charge in [-0.15, -0.1) is 0 Å². The van der Waals surface area contributed by atoms with Crippen molar-refractivity contribution in [1.29, 1.82) is 0 Å². The Balaban J connectivity index is 5.73. The molecule has 180 valence electrons. The lowest BCUT2D eigenvalue weighted by Crippen LogP contribution is -2.50. The molecule has 1 N–H and O–H groups in total. The van der Waals surface area contributed by atoms with E-state index in [0.29, 0.717) is 6.42 Å². The van der Waals surface area contributed by atoms with Crippen molar-refractivity contribution >= 4 is 20.4 Å². The molecule has 0 aliphatic carbocycles. The predicted octanol–water partition coefficient (Wildman–Crippen LogP) is 5.70. The first kappa shape index (κ1) is 29.2. The molecule has 0 fully saturated rings. The van der Waals surface area contributed by atoms with Crippen molar-refractivity contribution in [3.63, 3.8) is 0 Å². The molecule has 0 saturated heterocycles. The van der Waals surface area contributed by atoms with Gasteiger partial charge >= 0.3 is 12.1 Å². The second-order valence-electron chi connectivity index (χ2n) is 11.2. The second-order valence-corrected chi connectivity index (χ2v) is 16.0. The van der Waals surface area contributed by atoms with E-state index in [1.807, 2.05) is 0 Å². The van der Waals surface area contributed by atoms with Crippen LogP contribution in [-0.2, 0) is 18.7 Å². The van der Waals surface area contributed by atoms with E-state index >= 15 is 0 Å². The summed E-state index contributed by atoms with van der Waals surface area (Å²) in [5.41, 5.74) is 7.22. The Labute approximate surface area is 188 Å². The SMILES string of the molecule is CC(C)(C)OC(=O)N[C@@H](C[C@@H](CCN=[N+]=[N-])O[Si](C)(C)C(C)(C)C)C(=O)OC(C)(C)C. The molecule has 0 aromatic carbocycles. The van der Waals surface area contributed by atoms with Gasteiger partial charge in [0, 0.05) is 24.0 Å². The Morgan fingerprint density at radius 2 is 1.52 bits per heavy atom. The molecule has 0 spiro atoms. The predicted molar refractivity (Wildman–Crippen MR) is 124 cm³/mol. The molecule has 0 unspecified atom stereocenters. The molecule has 0 aromatic rings. The number of rotatable bonds is 9. The van der Waals surface area contributed by atoms with Crippen LogP contribution in [-0.4, -0.2) is 50.3 Å². The molecule has 0 rings (SSSR count). The van der Waals surface area contributed by atoms with Gasteiger partial charge < -0.3 is 19.2 Å². The van der Waals surface area contributed by atoms with Crippen LogP contribution in [0, 0.1) is 0 Å². The number of carbonyl (C=O) groups excluding carboxylic acids is 2. The van der Waals surface area contributed by atoms with Gasteiger partial charge in [-0.2, -0.15) is 0 Å². The maximum absolute atomic E-state index is 12.9. The molecule has 0 saturated carbocycles. The quantitative estimate of drug-likeness (QED) is 0.156. The molecular formula is C21H42N4O5Si. The average molecular weight is 459 g/mol. The fourth-order valence-corrected chi connectivity index (χ4v) is 3.77. The highest BCUT2D eigenvalue weighted by Gasteiger charge is 2.40. The van der Waals surface area contributed by atoms with Crippen molar-refractivity contribution < 1.29 is 23.5 Å². The standard InChI is InChI=1S/C21H42N4O5Si/c1-19(2,3)28-17(26)16(24-18(27)29-20(4,5)6)14-15(12-13-23-25-22)30-31(10,11)21(7,8)9/h15-16H,12-14H2,1-11H3,(H,24,27)/t15-,16+/m1/s1. The second kappa shape index (κ2) is 11.2. The molecule has 31 heavy (non-hydrogen) atoms. The van der Waals surface area contributed by atoms with Crippen molar-refractivity contribution in [1.82, 2.24) is 5.32 Å². The number of hydrogen-bond acceptors (Lipinski definition) is 6. The third-order valence-corrected chi connectivity index (χ3v) is 9.30. The van der Waals surface area contributed by atoms with E-state index in [4.69, 9.17) is 19.4 Å². The van der Waals surface area contributed by atoms with E-state index in [1.54, 1.807) is 41.5 Å². The minimum atomic E-state index is -2.19. The number of esters is 1. The summed E-state index contributed by atoms with van der Waals surface area (Å²) in [4.78, 5) is 28.1.